The molecule has 0 aliphatic carbocycles. The summed E-state index contributed by atoms with van der Waals surface area (Å²) in [4.78, 5) is 10.9. The average Bonchev–Trinajstić information content (AvgIpc) is 2.20. The van der Waals surface area contributed by atoms with Crippen LogP contribution in [0.4, 0.5) is 0 Å². The van der Waals surface area contributed by atoms with Crippen molar-refractivity contribution in [2.75, 3.05) is 6.54 Å². The summed E-state index contributed by atoms with van der Waals surface area (Å²) in [6.07, 6.45) is 1.31. The fourth-order valence-electron chi connectivity index (χ4n) is 1.40. The first kappa shape index (κ1) is 10.8. The molecule has 80 valence electrons. The lowest BCUT2D eigenvalue weighted by Crippen LogP contribution is -2.51. The van der Waals surface area contributed by atoms with Crippen LogP contribution in [0.2, 0.25) is 0 Å². The molecule has 2 unspecified atom stereocenters. The Balaban J connectivity index is 2.34. The van der Waals surface area contributed by atoms with Crippen molar-refractivity contribution in [1.29, 1.82) is 0 Å². The van der Waals surface area contributed by atoms with Gasteiger partial charge in [0.25, 0.3) is 0 Å². The summed E-state index contributed by atoms with van der Waals surface area (Å²) in [5.41, 5.74) is 5.41. The molecule has 0 aromatic heterocycles. The molecule has 5 N–H and O–H groups in total. The predicted octanol–water partition coefficient (Wildman–Crippen LogP) is -1.01. The quantitative estimate of drug-likeness (QED) is 0.203. The largest absolute Gasteiger partial charge is 0.409 e. The third-order valence-corrected chi connectivity index (χ3v) is 2.31. The second-order valence-corrected chi connectivity index (χ2v) is 3.45. The van der Waals surface area contributed by atoms with Crippen molar-refractivity contribution in [3.05, 3.63) is 0 Å². The standard InChI is InChI=1S/C8H16N4O2/c1-5(8(9)12-14)11-6-2-3-7(13)10-4-6/h5-6,11,14H,2-4H2,1H3,(H2,9,12)(H,10,13). The number of carbonyl (C=O) groups excluding carboxylic acids is 1. The smallest absolute Gasteiger partial charge is 0.220 e. The number of amides is 1. The molecule has 1 amide bonds. The lowest BCUT2D eigenvalue weighted by atomic mass is 10.1. The summed E-state index contributed by atoms with van der Waals surface area (Å²) in [5, 5.41) is 17.3. The second kappa shape index (κ2) is 4.80. The molecule has 0 bridgehead atoms. The molecule has 0 radical (unpaired) electrons. The number of nitrogens with two attached hydrogens (primary N) is 1. The van der Waals surface area contributed by atoms with E-state index in [-0.39, 0.29) is 23.8 Å². The van der Waals surface area contributed by atoms with E-state index in [2.05, 4.69) is 15.8 Å². The van der Waals surface area contributed by atoms with Crippen LogP contribution in [-0.4, -0.2) is 35.6 Å². The number of rotatable bonds is 3. The SMILES string of the molecule is CC(NC1CCC(=O)NC1)/C(N)=N/O. The highest BCUT2D eigenvalue weighted by Gasteiger charge is 2.20. The number of amidine groups is 1. The Labute approximate surface area is 82.5 Å². The number of hydrogen-bond donors (Lipinski definition) is 4. The van der Waals surface area contributed by atoms with Crippen molar-refractivity contribution in [3.63, 3.8) is 0 Å². The fourth-order valence-corrected chi connectivity index (χ4v) is 1.40. The zero-order valence-electron chi connectivity index (χ0n) is 8.16. The van der Waals surface area contributed by atoms with Crippen LogP contribution in [0.3, 0.4) is 0 Å². The van der Waals surface area contributed by atoms with Gasteiger partial charge in [0.05, 0.1) is 6.04 Å². The molecule has 1 fully saturated rings. The summed E-state index contributed by atoms with van der Waals surface area (Å²) in [5.74, 6) is 0.237. The van der Waals surface area contributed by atoms with Gasteiger partial charge in [-0.2, -0.15) is 0 Å². The zero-order valence-corrected chi connectivity index (χ0v) is 8.16. The Morgan fingerprint density at radius 1 is 1.86 bits per heavy atom. The summed E-state index contributed by atoms with van der Waals surface area (Å²) in [6.45, 7) is 2.41. The highest BCUT2D eigenvalue weighted by Crippen LogP contribution is 2.03. The van der Waals surface area contributed by atoms with Gasteiger partial charge in [0.15, 0.2) is 5.84 Å². The van der Waals surface area contributed by atoms with E-state index in [1.165, 1.54) is 0 Å². The van der Waals surface area contributed by atoms with E-state index in [4.69, 9.17) is 10.9 Å². The molecule has 1 saturated heterocycles. The van der Waals surface area contributed by atoms with Crippen LogP contribution in [0, 0.1) is 0 Å². The number of hydrogen-bond acceptors (Lipinski definition) is 4. The first-order valence-electron chi connectivity index (χ1n) is 4.63. The Morgan fingerprint density at radius 3 is 3.07 bits per heavy atom. The fraction of sp³-hybridized carbons (Fsp3) is 0.750. The zero-order chi connectivity index (χ0) is 10.6. The van der Waals surface area contributed by atoms with E-state index in [9.17, 15) is 4.79 Å². The Hall–Kier alpha value is -1.30. The summed E-state index contributed by atoms with van der Waals surface area (Å²) < 4.78 is 0. The molecule has 6 heteroatoms. The minimum absolute atomic E-state index is 0.0829. The second-order valence-electron chi connectivity index (χ2n) is 3.45. The molecular formula is C8H16N4O2. The Kier molecular flexibility index (Phi) is 3.70. The van der Waals surface area contributed by atoms with Crippen LogP contribution in [0.15, 0.2) is 5.16 Å². The van der Waals surface area contributed by atoms with Crippen molar-refractivity contribution >= 4 is 11.7 Å². The molecule has 0 aromatic rings. The maximum atomic E-state index is 10.9. The maximum Gasteiger partial charge on any atom is 0.220 e. The molecule has 0 aromatic carbocycles. The number of nitrogens with zero attached hydrogens (tertiary/aromatic N) is 1. The van der Waals surface area contributed by atoms with Gasteiger partial charge in [-0.15, -0.1) is 0 Å². The van der Waals surface area contributed by atoms with E-state index in [1.54, 1.807) is 0 Å². The normalized spacial score (nSPS) is 25.6. The highest BCUT2D eigenvalue weighted by molar-refractivity contribution is 5.84. The predicted molar refractivity (Wildman–Crippen MR) is 52.0 cm³/mol. The molecule has 1 aliphatic rings. The Morgan fingerprint density at radius 2 is 2.57 bits per heavy atom. The molecule has 14 heavy (non-hydrogen) atoms. The maximum absolute atomic E-state index is 10.9. The lowest BCUT2D eigenvalue weighted by molar-refractivity contribution is -0.122. The lowest BCUT2D eigenvalue weighted by Gasteiger charge is -2.26. The van der Waals surface area contributed by atoms with Crippen LogP contribution in [-0.2, 0) is 4.79 Å². The van der Waals surface area contributed by atoms with E-state index in [1.807, 2.05) is 6.92 Å². The molecule has 6 nitrogen and oxygen atoms in total. The van der Waals surface area contributed by atoms with Gasteiger partial charge in [0.2, 0.25) is 5.91 Å². The monoisotopic (exact) mass is 200 g/mol. The van der Waals surface area contributed by atoms with Gasteiger partial charge in [-0.05, 0) is 13.3 Å². The average molecular weight is 200 g/mol. The third-order valence-electron chi connectivity index (χ3n) is 2.31. The third kappa shape index (κ3) is 2.88. The van der Waals surface area contributed by atoms with Crippen LogP contribution in [0.1, 0.15) is 19.8 Å². The molecule has 2 atom stereocenters. The van der Waals surface area contributed by atoms with Crippen molar-refractivity contribution in [1.82, 2.24) is 10.6 Å². The number of nitrogens with one attached hydrogen (secondary N) is 2. The number of carbonyl (C=O) groups is 1. The van der Waals surface area contributed by atoms with Gasteiger partial charge >= 0.3 is 0 Å². The minimum Gasteiger partial charge on any atom is -0.409 e. The first-order valence-corrected chi connectivity index (χ1v) is 4.63. The topological polar surface area (TPSA) is 99.7 Å². The number of piperidine rings is 1. The van der Waals surface area contributed by atoms with E-state index >= 15 is 0 Å². The number of oxime groups is 1. The van der Waals surface area contributed by atoms with Gasteiger partial charge in [-0.25, -0.2) is 0 Å². The molecule has 1 aliphatic heterocycles. The van der Waals surface area contributed by atoms with Gasteiger partial charge in [-0.1, -0.05) is 5.16 Å². The first-order chi connectivity index (χ1) is 6.63. The van der Waals surface area contributed by atoms with Crippen LogP contribution in [0.25, 0.3) is 0 Å². The van der Waals surface area contributed by atoms with Crippen molar-refractivity contribution < 1.29 is 10.0 Å². The molecule has 1 rings (SSSR count). The van der Waals surface area contributed by atoms with E-state index in [0.717, 1.165) is 6.42 Å². The van der Waals surface area contributed by atoms with Gasteiger partial charge < -0.3 is 21.6 Å². The molecule has 0 spiro atoms. The summed E-state index contributed by atoms with van der Waals surface area (Å²) >= 11 is 0. The summed E-state index contributed by atoms with van der Waals surface area (Å²) in [7, 11) is 0. The van der Waals surface area contributed by atoms with Crippen molar-refractivity contribution in [3.8, 4) is 0 Å². The molecule has 0 saturated carbocycles. The van der Waals surface area contributed by atoms with Gasteiger partial charge in [-0.3, -0.25) is 4.79 Å². The minimum atomic E-state index is -0.181. The summed E-state index contributed by atoms with van der Waals surface area (Å²) in [6, 6.07) is 0.0167. The molecular weight excluding hydrogens is 184 g/mol. The van der Waals surface area contributed by atoms with Crippen LogP contribution >= 0.6 is 0 Å². The van der Waals surface area contributed by atoms with Crippen LogP contribution in [0.5, 0.6) is 0 Å². The van der Waals surface area contributed by atoms with E-state index < -0.39 is 0 Å². The van der Waals surface area contributed by atoms with Crippen molar-refractivity contribution in [2.45, 2.75) is 31.8 Å². The molecule has 1 heterocycles. The van der Waals surface area contributed by atoms with E-state index in [0.29, 0.717) is 13.0 Å². The Bertz CT molecular complexity index is 231. The highest BCUT2D eigenvalue weighted by atomic mass is 16.4. The van der Waals surface area contributed by atoms with Crippen LogP contribution < -0.4 is 16.4 Å². The van der Waals surface area contributed by atoms with Gasteiger partial charge in [0.1, 0.15) is 0 Å². The van der Waals surface area contributed by atoms with Gasteiger partial charge in [0, 0.05) is 19.0 Å². The van der Waals surface area contributed by atoms with Crippen molar-refractivity contribution in [2.24, 2.45) is 10.9 Å².